The van der Waals surface area contributed by atoms with Gasteiger partial charge in [-0.1, -0.05) is 42.5 Å². The van der Waals surface area contributed by atoms with Gasteiger partial charge in [-0.05, 0) is 48.1 Å². The number of carbonyl (C=O) groups is 1. The van der Waals surface area contributed by atoms with E-state index in [2.05, 4.69) is 60.5 Å². The van der Waals surface area contributed by atoms with Gasteiger partial charge < -0.3 is 14.9 Å². The number of rotatable bonds is 3. The van der Waals surface area contributed by atoms with Crippen molar-refractivity contribution in [3.05, 3.63) is 71.4 Å². The number of anilines is 1. The molecule has 140 valence electrons. The molecule has 0 atom stereocenters. The topological polar surface area (TPSA) is 43.8 Å². The summed E-state index contributed by atoms with van der Waals surface area (Å²) in [6.45, 7) is 3.71. The molecule has 2 aliphatic heterocycles. The molecule has 2 aliphatic rings. The van der Waals surface area contributed by atoms with Crippen molar-refractivity contribution in [3.63, 3.8) is 0 Å². The molecule has 1 saturated heterocycles. The van der Waals surface area contributed by atoms with Crippen LogP contribution in [0, 0.1) is 6.92 Å². The normalized spacial score (nSPS) is 17.5. The van der Waals surface area contributed by atoms with Crippen LogP contribution in [0.4, 0.5) is 5.69 Å². The molecule has 1 fully saturated rings. The predicted octanol–water partition coefficient (Wildman–Crippen LogP) is 3.38. The number of aliphatic hydroxyl groups is 1. The zero-order chi connectivity index (χ0) is 18.8. The van der Waals surface area contributed by atoms with Crippen molar-refractivity contribution in [3.8, 4) is 0 Å². The van der Waals surface area contributed by atoms with Crippen LogP contribution in [-0.4, -0.2) is 41.7 Å². The van der Waals surface area contributed by atoms with Gasteiger partial charge >= 0.3 is 0 Å². The van der Waals surface area contributed by atoms with Crippen LogP contribution in [0.2, 0.25) is 0 Å². The summed E-state index contributed by atoms with van der Waals surface area (Å²) in [5.41, 5.74) is 6.00. The fourth-order valence-electron chi connectivity index (χ4n) is 3.92. The second-order valence-electron chi connectivity index (χ2n) is 7.57. The van der Waals surface area contributed by atoms with Gasteiger partial charge in [0.05, 0.1) is 6.10 Å². The lowest BCUT2D eigenvalue weighted by atomic mass is 9.93. The average molecular weight is 362 g/mol. The quantitative estimate of drug-likeness (QED) is 0.910. The minimum absolute atomic E-state index is 0.125. The molecule has 27 heavy (non-hydrogen) atoms. The van der Waals surface area contributed by atoms with Gasteiger partial charge in [-0.25, -0.2) is 0 Å². The molecule has 1 amide bonds. The Hall–Kier alpha value is -2.59. The van der Waals surface area contributed by atoms with E-state index in [1.807, 2.05) is 11.0 Å². The molecule has 4 rings (SSSR count). The largest absolute Gasteiger partial charge is 0.393 e. The smallest absolute Gasteiger partial charge is 0.242 e. The number of carbonyl (C=O) groups excluding carboxylic acids is 1. The Balaban J connectivity index is 1.61. The highest BCUT2D eigenvalue weighted by molar-refractivity contribution is 5.86. The second-order valence-corrected chi connectivity index (χ2v) is 7.57. The lowest BCUT2D eigenvalue weighted by Gasteiger charge is -2.34. The lowest BCUT2D eigenvalue weighted by molar-refractivity contribution is -0.131. The minimum atomic E-state index is -0.267. The van der Waals surface area contributed by atoms with Gasteiger partial charge in [-0.3, -0.25) is 4.79 Å². The first-order valence-electron chi connectivity index (χ1n) is 9.68. The maximum absolute atomic E-state index is 12.9. The van der Waals surface area contributed by atoms with Crippen LogP contribution in [0.1, 0.15) is 29.5 Å². The second kappa shape index (κ2) is 7.57. The summed E-state index contributed by atoms with van der Waals surface area (Å²) in [6.07, 6.45) is 4.09. The summed E-state index contributed by atoms with van der Waals surface area (Å²) >= 11 is 0. The van der Waals surface area contributed by atoms with E-state index in [1.54, 1.807) is 0 Å². The summed E-state index contributed by atoms with van der Waals surface area (Å²) in [6, 6.07) is 16.9. The number of likely N-dealkylation sites (tertiary alicyclic amines) is 1. The molecule has 0 saturated carbocycles. The van der Waals surface area contributed by atoms with E-state index >= 15 is 0 Å². The SMILES string of the molecule is Cc1ccc2c(c1)N(CC(=O)N1CCC(O)CC1)C=C(c1ccccc1)C2. The molecule has 0 aromatic heterocycles. The highest BCUT2D eigenvalue weighted by Gasteiger charge is 2.25. The number of hydrogen-bond acceptors (Lipinski definition) is 3. The fraction of sp³-hybridized carbons (Fsp3) is 0.348. The number of hydrogen-bond donors (Lipinski definition) is 1. The van der Waals surface area contributed by atoms with Crippen molar-refractivity contribution >= 4 is 17.2 Å². The molecule has 2 heterocycles. The number of nitrogens with zero attached hydrogens (tertiary/aromatic N) is 2. The molecule has 0 bridgehead atoms. The standard InChI is InChI=1S/C23H26N2O2/c1-17-7-8-19-14-20(18-5-3-2-4-6-18)15-25(22(19)13-17)16-23(27)24-11-9-21(26)10-12-24/h2-8,13,15,21,26H,9-12,14,16H2,1H3. The Kier molecular flexibility index (Phi) is 4.99. The summed E-state index contributed by atoms with van der Waals surface area (Å²) < 4.78 is 0. The van der Waals surface area contributed by atoms with Crippen LogP contribution >= 0.6 is 0 Å². The zero-order valence-corrected chi connectivity index (χ0v) is 15.8. The van der Waals surface area contributed by atoms with Crippen LogP contribution in [-0.2, 0) is 11.2 Å². The van der Waals surface area contributed by atoms with Gasteiger partial charge in [0.15, 0.2) is 0 Å². The third-order valence-electron chi connectivity index (χ3n) is 5.51. The molecule has 1 N–H and O–H groups in total. The number of piperidine rings is 1. The van der Waals surface area contributed by atoms with Gasteiger partial charge in [0.2, 0.25) is 5.91 Å². The van der Waals surface area contributed by atoms with Gasteiger partial charge in [-0.2, -0.15) is 0 Å². The summed E-state index contributed by atoms with van der Waals surface area (Å²) in [5, 5.41) is 9.69. The van der Waals surface area contributed by atoms with Gasteiger partial charge in [-0.15, -0.1) is 0 Å². The van der Waals surface area contributed by atoms with Gasteiger partial charge in [0, 0.05) is 31.4 Å². The first kappa shape index (κ1) is 17.8. The molecule has 0 radical (unpaired) electrons. The summed E-state index contributed by atoms with van der Waals surface area (Å²) in [5.74, 6) is 0.125. The Bertz CT molecular complexity index is 852. The third-order valence-corrected chi connectivity index (χ3v) is 5.51. The predicted molar refractivity (Wildman–Crippen MR) is 108 cm³/mol. The highest BCUT2D eigenvalue weighted by atomic mass is 16.3. The zero-order valence-electron chi connectivity index (χ0n) is 15.8. The van der Waals surface area contributed by atoms with E-state index in [0.717, 1.165) is 12.1 Å². The maximum atomic E-state index is 12.9. The number of benzene rings is 2. The summed E-state index contributed by atoms with van der Waals surface area (Å²) in [7, 11) is 0. The molecular weight excluding hydrogens is 336 g/mol. The molecule has 0 unspecified atom stereocenters. The van der Waals surface area contributed by atoms with Crippen molar-refractivity contribution in [1.82, 2.24) is 4.90 Å². The van der Waals surface area contributed by atoms with Crippen molar-refractivity contribution < 1.29 is 9.90 Å². The third kappa shape index (κ3) is 3.91. The van der Waals surface area contributed by atoms with E-state index < -0.39 is 0 Å². The lowest BCUT2D eigenvalue weighted by Crippen LogP contribution is -2.44. The van der Waals surface area contributed by atoms with E-state index in [9.17, 15) is 9.90 Å². The van der Waals surface area contributed by atoms with E-state index in [-0.39, 0.29) is 12.0 Å². The van der Waals surface area contributed by atoms with Crippen LogP contribution in [0.15, 0.2) is 54.7 Å². The molecule has 2 aromatic carbocycles. The Morgan fingerprint density at radius 3 is 2.59 bits per heavy atom. The maximum Gasteiger partial charge on any atom is 0.242 e. The van der Waals surface area contributed by atoms with E-state index in [4.69, 9.17) is 0 Å². The molecule has 2 aromatic rings. The molecule has 4 heteroatoms. The molecule has 4 nitrogen and oxygen atoms in total. The number of allylic oxidation sites excluding steroid dienone is 1. The first-order chi connectivity index (χ1) is 13.1. The number of amides is 1. The first-order valence-corrected chi connectivity index (χ1v) is 9.68. The fourth-order valence-corrected chi connectivity index (χ4v) is 3.92. The van der Waals surface area contributed by atoms with Gasteiger partial charge in [0.25, 0.3) is 0 Å². The highest BCUT2D eigenvalue weighted by Crippen LogP contribution is 2.34. The molecule has 0 aliphatic carbocycles. The van der Waals surface area contributed by atoms with Crippen molar-refractivity contribution in [2.75, 3.05) is 24.5 Å². The van der Waals surface area contributed by atoms with Crippen LogP contribution in [0.5, 0.6) is 0 Å². The number of fused-ring (bicyclic) bond motifs is 1. The summed E-state index contributed by atoms with van der Waals surface area (Å²) in [4.78, 5) is 16.9. The monoisotopic (exact) mass is 362 g/mol. The Labute approximate surface area is 160 Å². The van der Waals surface area contributed by atoms with Crippen molar-refractivity contribution in [1.29, 1.82) is 0 Å². The Morgan fingerprint density at radius 1 is 1.11 bits per heavy atom. The number of aliphatic hydroxyl groups excluding tert-OH is 1. The van der Waals surface area contributed by atoms with Crippen LogP contribution < -0.4 is 4.90 Å². The van der Waals surface area contributed by atoms with Crippen LogP contribution in [0.25, 0.3) is 5.57 Å². The molecule has 0 spiro atoms. The Morgan fingerprint density at radius 2 is 1.85 bits per heavy atom. The van der Waals surface area contributed by atoms with Gasteiger partial charge in [0.1, 0.15) is 6.54 Å². The van der Waals surface area contributed by atoms with Crippen LogP contribution in [0.3, 0.4) is 0 Å². The molecular formula is C23H26N2O2. The van der Waals surface area contributed by atoms with E-state index in [1.165, 1.54) is 22.3 Å². The number of aryl methyl sites for hydroxylation is 1. The minimum Gasteiger partial charge on any atom is -0.393 e. The van der Waals surface area contributed by atoms with Crippen molar-refractivity contribution in [2.24, 2.45) is 0 Å². The average Bonchev–Trinajstić information content (AvgIpc) is 2.69. The van der Waals surface area contributed by atoms with E-state index in [0.29, 0.717) is 32.5 Å². The van der Waals surface area contributed by atoms with Crippen molar-refractivity contribution in [2.45, 2.75) is 32.3 Å².